The molecule has 1 atom stereocenters. The Labute approximate surface area is 119 Å². The number of anilines is 1. The summed E-state index contributed by atoms with van der Waals surface area (Å²) < 4.78 is 5.16. The van der Waals surface area contributed by atoms with Crippen molar-refractivity contribution in [3.63, 3.8) is 0 Å². The number of hydrogen-bond donors (Lipinski definition) is 2. The first kappa shape index (κ1) is 16.2. The van der Waals surface area contributed by atoms with Crippen LogP contribution in [0.3, 0.4) is 0 Å². The van der Waals surface area contributed by atoms with Gasteiger partial charge < -0.3 is 15.8 Å². The van der Waals surface area contributed by atoms with Crippen LogP contribution in [0.25, 0.3) is 0 Å². The van der Waals surface area contributed by atoms with Crippen molar-refractivity contribution in [2.24, 2.45) is 5.73 Å². The Morgan fingerprint density at radius 3 is 2.05 bits per heavy atom. The molecule has 0 saturated heterocycles. The third-order valence-corrected chi connectivity index (χ3v) is 2.60. The van der Waals surface area contributed by atoms with Crippen LogP contribution in [-0.2, 0) is 14.3 Å². The van der Waals surface area contributed by atoms with E-state index in [9.17, 15) is 9.59 Å². The standard InChI is InChI=1S/C15H22N2O3/c1-10-6-8-11(9-7-10)17-12(18)15(5,16)13(19)20-14(2,3)4/h6-9H,16H2,1-5H3,(H,17,18)/t15-/m0/s1. The average Bonchev–Trinajstić information content (AvgIpc) is 2.29. The number of ether oxygens (including phenoxy) is 1. The highest BCUT2D eigenvalue weighted by atomic mass is 16.6. The molecule has 0 radical (unpaired) electrons. The van der Waals surface area contributed by atoms with Crippen LogP contribution in [-0.4, -0.2) is 23.0 Å². The zero-order valence-corrected chi connectivity index (χ0v) is 12.6. The maximum absolute atomic E-state index is 12.1. The van der Waals surface area contributed by atoms with Crippen LogP contribution in [0.5, 0.6) is 0 Å². The van der Waals surface area contributed by atoms with E-state index in [4.69, 9.17) is 10.5 Å². The lowest BCUT2D eigenvalue weighted by molar-refractivity contribution is -0.162. The van der Waals surface area contributed by atoms with Crippen molar-refractivity contribution in [1.82, 2.24) is 0 Å². The minimum absolute atomic E-state index is 0.584. The molecule has 0 saturated carbocycles. The Balaban J connectivity index is 2.79. The van der Waals surface area contributed by atoms with Gasteiger partial charge >= 0.3 is 5.97 Å². The van der Waals surface area contributed by atoms with Crippen LogP contribution < -0.4 is 11.1 Å². The van der Waals surface area contributed by atoms with E-state index < -0.39 is 23.0 Å². The van der Waals surface area contributed by atoms with Crippen molar-refractivity contribution in [2.45, 2.75) is 45.8 Å². The Morgan fingerprint density at radius 1 is 1.10 bits per heavy atom. The number of rotatable bonds is 3. The predicted octanol–water partition coefficient (Wildman–Crippen LogP) is 1.99. The van der Waals surface area contributed by atoms with Crippen molar-refractivity contribution in [3.8, 4) is 0 Å². The van der Waals surface area contributed by atoms with Gasteiger partial charge in [0.2, 0.25) is 0 Å². The molecule has 5 nitrogen and oxygen atoms in total. The number of nitrogens with one attached hydrogen (secondary N) is 1. The number of benzene rings is 1. The molecule has 0 fully saturated rings. The molecule has 0 aliphatic rings. The summed E-state index contributed by atoms with van der Waals surface area (Å²) in [5, 5.41) is 2.61. The highest BCUT2D eigenvalue weighted by molar-refractivity contribution is 6.12. The zero-order chi connectivity index (χ0) is 15.6. The van der Waals surface area contributed by atoms with Gasteiger partial charge in [0.15, 0.2) is 5.54 Å². The van der Waals surface area contributed by atoms with Crippen LogP contribution in [0.1, 0.15) is 33.3 Å². The highest BCUT2D eigenvalue weighted by Gasteiger charge is 2.40. The van der Waals surface area contributed by atoms with E-state index in [-0.39, 0.29) is 0 Å². The topological polar surface area (TPSA) is 81.4 Å². The Morgan fingerprint density at radius 2 is 1.60 bits per heavy atom. The lowest BCUT2D eigenvalue weighted by atomic mass is 10.0. The minimum atomic E-state index is -1.74. The van der Waals surface area contributed by atoms with Gasteiger partial charge in [-0.25, -0.2) is 4.79 Å². The molecule has 110 valence electrons. The van der Waals surface area contributed by atoms with E-state index in [1.165, 1.54) is 6.92 Å². The first-order chi connectivity index (χ1) is 9.02. The quantitative estimate of drug-likeness (QED) is 0.654. The summed E-state index contributed by atoms with van der Waals surface area (Å²) in [6.07, 6.45) is 0. The first-order valence-electron chi connectivity index (χ1n) is 6.43. The number of hydrogen-bond acceptors (Lipinski definition) is 4. The number of aryl methyl sites for hydroxylation is 1. The summed E-state index contributed by atoms with van der Waals surface area (Å²) in [7, 11) is 0. The molecule has 0 aromatic heterocycles. The van der Waals surface area contributed by atoms with E-state index in [2.05, 4.69) is 5.32 Å². The van der Waals surface area contributed by atoms with Gasteiger partial charge in [-0.1, -0.05) is 17.7 Å². The lowest BCUT2D eigenvalue weighted by Gasteiger charge is -2.27. The molecule has 1 amide bonds. The van der Waals surface area contributed by atoms with Gasteiger partial charge in [0.05, 0.1) is 0 Å². The van der Waals surface area contributed by atoms with Crippen LogP contribution in [0.2, 0.25) is 0 Å². The second kappa shape index (κ2) is 5.63. The normalized spacial score (nSPS) is 14.3. The number of carbonyl (C=O) groups excluding carboxylic acids is 2. The Kier molecular flexibility index (Phi) is 4.55. The molecule has 0 spiro atoms. The second-order valence-electron chi connectivity index (χ2n) is 6.02. The van der Waals surface area contributed by atoms with E-state index in [1.807, 2.05) is 19.1 Å². The maximum Gasteiger partial charge on any atom is 0.336 e. The third kappa shape index (κ3) is 4.35. The molecule has 5 heteroatoms. The number of amides is 1. The van der Waals surface area contributed by atoms with Crippen molar-refractivity contribution in [2.75, 3.05) is 5.32 Å². The fourth-order valence-corrected chi connectivity index (χ4v) is 1.37. The predicted molar refractivity (Wildman–Crippen MR) is 78.2 cm³/mol. The van der Waals surface area contributed by atoms with E-state index >= 15 is 0 Å². The van der Waals surface area contributed by atoms with Crippen LogP contribution in [0.15, 0.2) is 24.3 Å². The van der Waals surface area contributed by atoms with Crippen molar-refractivity contribution >= 4 is 17.6 Å². The molecule has 0 bridgehead atoms. The van der Waals surface area contributed by atoms with E-state index in [0.29, 0.717) is 5.69 Å². The first-order valence-corrected chi connectivity index (χ1v) is 6.43. The lowest BCUT2D eigenvalue weighted by Crippen LogP contribution is -2.57. The molecule has 20 heavy (non-hydrogen) atoms. The van der Waals surface area contributed by atoms with Crippen molar-refractivity contribution in [1.29, 1.82) is 0 Å². The number of carbonyl (C=O) groups is 2. The van der Waals surface area contributed by atoms with Gasteiger partial charge in [0.1, 0.15) is 5.60 Å². The second-order valence-corrected chi connectivity index (χ2v) is 6.02. The maximum atomic E-state index is 12.1. The fourth-order valence-electron chi connectivity index (χ4n) is 1.37. The summed E-state index contributed by atoms with van der Waals surface area (Å²) in [5.74, 6) is -1.36. The summed E-state index contributed by atoms with van der Waals surface area (Å²) >= 11 is 0. The SMILES string of the molecule is Cc1ccc(NC(=O)[C@](C)(N)C(=O)OC(C)(C)C)cc1. The van der Waals surface area contributed by atoms with Crippen LogP contribution in [0, 0.1) is 6.92 Å². The molecule has 0 heterocycles. The molecule has 0 aliphatic carbocycles. The van der Waals surface area contributed by atoms with Crippen LogP contribution >= 0.6 is 0 Å². The van der Waals surface area contributed by atoms with Crippen LogP contribution in [0.4, 0.5) is 5.69 Å². The molecule has 0 aliphatic heterocycles. The molecule has 3 N–H and O–H groups in total. The largest absolute Gasteiger partial charge is 0.458 e. The van der Waals surface area contributed by atoms with Gasteiger partial charge in [-0.3, -0.25) is 4.79 Å². The molecular weight excluding hydrogens is 256 g/mol. The summed E-state index contributed by atoms with van der Waals surface area (Å²) in [6.45, 7) is 8.44. The fraction of sp³-hybridized carbons (Fsp3) is 0.467. The summed E-state index contributed by atoms with van der Waals surface area (Å²) in [6, 6.07) is 7.21. The summed E-state index contributed by atoms with van der Waals surface area (Å²) in [4.78, 5) is 24.1. The molecule has 1 aromatic carbocycles. The molecular formula is C15H22N2O3. The zero-order valence-electron chi connectivity index (χ0n) is 12.6. The molecule has 1 aromatic rings. The minimum Gasteiger partial charge on any atom is -0.458 e. The molecule has 1 rings (SSSR count). The Bertz CT molecular complexity index is 499. The monoisotopic (exact) mass is 278 g/mol. The van der Waals surface area contributed by atoms with Crippen molar-refractivity contribution < 1.29 is 14.3 Å². The molecule has 0 unspecified atom stereocenters. The summed E-state index contributed by atoms with van der Waals surface area (Å²) in [5.41, 5.74) is 5.03. The van der Waals surface area contributed by atoms with Gasteiger partial charge in [-0.2, -0.15) is 0 Å². The smallest absolute Gasteiger partial charge is 0.336 e. The van der Waals surface area contributed by atoms with Gasteiger partial charge in [0.25, 0.3) is 5.91 Å². The highest BCUT2D eigenvalue weighted by Crippen LogP contribution is 2.15. The third-order valence-electron chi connectivity index (χ3n) is 2.60. The number of nitrogens with two attached hydrogens (primary N) is 1. The van der Waals surface area contributed by atoms with Gasteiger partial charge in [-0.05, 0) is 46.8 Å². The van der Waals surface area contributed by atoms with Crippen molar-refractivity contribution in [3.05, 3.63) is 29.8 Å². The average molecular weight is 278 g/mol. The van der Waals surface area contributed by atoms with E-state index in [1.54, 1.807) is 32.9 Å². The van der Waals surface area contributed by atoms with Gasteiger partial charge in [-0.15, -0.1) is 0 Å². The van der Waals surface area contributed by atoms with Gasteiger partial charge in [0, 0.05) is 5.69 Å². The number of esters is 1. The van der Waals surface area contributed by atoms with E-state index in [0.717, 1.165) is 5.56 Å². The Hall–Kier alpha value is -1.88.